The number of benzene rings is 3. The van der Waals surface area contributed by atoms with E-state index in [0.717, 1.165) is 16.8 Å². The highest BCUT2D eigenvalue weighted by Gasteiger charge is 2.47. The van der Waals surface area contributed by atoms with Gasteiger partial charge in [-0.15, -0.1) is 0 Å². The fourth-order valence-corrected chi connectivity index (χ4v) is 5.09. The summed E-state index contributed by atoms with van der Waals surface area (Å²) in [6, 6.07) is 22.9. The SMILES string of the molecule is O=C(OCc1ccccc1)N1CCC2(CC1)CN(C(=O)c1ccc(C(F)F)cc1)c1ccccc12. The number of hydrogen-bond donors (Lipinski definition) is 0. The highest BCUT2D eigenvalue weighted by molar-refractivity contribution is 6.07. The Balaban J connectivity index is 1.28. The lowest BCUT2D eigenvalue weighted by Gasteiger charge is -2.39. The molecule has 0 saturated carbocycles. The van der Waals surface area contributed by atoms with Crippen LogP contribution >= 0.6 is 0 Å². The first kappa shape index (κ1) is 23.0. The molecule has 2 amide bonds. The summed E-state index contributed by atoms with van der Waals surface area (Å²) in [6.45, 7) is 1.80. The summed E-state index contributed by atoms with van der Waals surface area (Å²) in [6.07, 6.45) is -1.49. The molecule has 5 rings (SSSR count). The lowest BCUT2D eigenvalue weighted by molar-refractivity contribution is 0.0780. The third-order valence-corrected chi connectivity index (χ3v) is 7.07. The number of alkyl halides is 2. The van der Waals surface area contributed by atoms with Crippen LogP contribution in [-0.2, 0) is 16.8 Å². The molecule has 0 radical (unpaired) electrons. The van der Waals surface area contributed by atoms with Gasteiger partial charge in [0.05, 0.1) is 0 Å². The summed E-state index contributed by atoms with van der Waals surface area (Å²) in [4.78, 5) is 29.5. The summed E-state index contributed by atoms with van der Waals surface area (Å²) in [5, 5.41) is 0. The van der Waals surface area contributed by atoms with Crippen molar-refractivity contribution >= 4 is 17.7 Å². The first-order chi connectivity index (χ1) is 17.0. The maximum absolute atomic E-state index is 13.4. The quantitative estimate of drug-likeness (QED) is 0.467. The summed E-state index contributed by atoms with van der Waals surface area (Å²) in [5.74, 6) is -0.208. The van der Waals surface area contributed by atoms with Crippen molar-refractivity contribution in [2.24, 2.45) is 0 Å². The topological polar surface area (TPSA) is 49.9 Å². The number of anilines is 1. The number of ether oxygens (including phenoxy) is 1. The number of halogens is 2. The Hall–Kier alpha value is -3.74. The van der Waals surface area contributed by atoms with Crippen LogP contribution in [-0.4, -0.2) is 36.5 Å². The van der Waals surface area contributed by atoms with Gasteiger partial charge in [-0.25, -0.2) is 13.6 Å². The normalized spacial score (nSPS) is 16.4. The van der Waals surface area contributed by atoms with Gasteiger partial charge in [0.2, 0.25) is 0 Å². The van der Waals surface area contributed by atoms with Crippen LogP contribution < -0.4 is 4.90 Å². The third kappa shape index (κ3) is 4.50. The standard InChI is InChI=1S/C28H26F2N2O3/c29-25(30)21-10-12-22(13-11-21)26(33)32-19-28(23-8-4-5-9-24(23)32)14-16-31(17-15-28)27(34)35-18-20-6-2-1-3-7-20/h1-13,25H,14-19H2. The predicted octanol–water partition coefficient (Wildman–Crippen LogP) is 5.96. The summed E-state index contributed by atoms with van der Waals surface area (Å²) >= 11 is 0. The maximum atomic E-state index is 13.4. The van der Waals surface area contributed by atoms with Gasteiger partial charge >= 0.3 is 6.09 Å². The van der Waals surface area contributed by atoms with Crippen molar-refractivity contribution in [3.05, 3.63) is 101 Å². The molecule has 3 aromatic rings. The van der Waals surface area contributed by atoms with Crippen LogP contribution in [0, 0.1) is 0 Å². The van der Waals surface area contributed by atoms with Gasteiger partial charge in [-0.05, 0) is 42.2 Å². The number of carbonyl (C=O) groups excluding carboxylic acids is 2. The predicted molar refractivity (Wildman–Crippen MR) is 129 cm³/mol. The summed E-state index contributed by atoms with van der Waals surface area (Å²) in [7, 11) is 0. The molecule has 0 N–H and O–H groups in total. The van der Waals surface area contributed by atoms with Gasteiger partial charge in [0.1, 0.15) is 6.61 Å². The Morgan fingerprint density at radius 1 is 0.886 bits per heavy atom. The molecule has 1 saturated heterocycles. The molecule has 0 atom stereocenters. The number of fused-ring (bicyclic) bond motifs is 2. The second-order valence-corrected chi connectivity index (χ2v) is 9.14. The monoisotopic (exact) mass is 476 g/mol. The highest BCUT2D eigenvalue weighted by Crippen LogP contribution is 2.47. The van der Waals surface area contributed by atoms with E-state index in [1.165, 1.54) is 24.3 Å². The molecule has 180 valence electrons. The number of rotatable bonds is 4. The molecule has 3 aromatic carbocycles. The van der Waals surface area contributed by atoms with Crippen molar-refractivity contribution < 1.29 is 23.1 Å². The minimum Gasteiger partial charge on any atom is -0.445 e. The average molecular weight is 477 g/mol. The van der Waals surface area contributed by atoms with Gasteiger partial charge in [-0.3, -0.25) is 4.79 Å². The fraction of sp³-hybridized carbons (Fsp3) is 0.286. The van der Waals surface area contributed by atoms with Crippen molar-refractivity contribution in [3.63, 3.8) is 0 Å². The molecule has 0 unspecified atom stereocenters. The zero-order valence-corrected chi connectivity index (χ0v) is 19.2. The van der Waals surface area contributed by atoms with Gasteiger partial charge in [0, 0.05) is 41.9 Å². The fourth-order valence-electron chi connectivity index (χ4n) is 5.09. The van der Waals surface area contributed by atoms with Crippen molar-refractivity contribution in [2.45, 2.75) is 31.3 Å². The smallest absolute Gasteiger partial charge is 0.410 e. The molecule has 1 spiro atoms. The molecule has 2 aliphatic heterocycles. The Morgan fingerprint density at radius 3 is 2.23 bits per heavy atom. The van der Waals surface area contributed by atoms with Crippen LogP contribution in [0.1, 0.15) is 46.3 Å². The Kier molecular flexibility index (Phi) is 6.24. The summed E-state index contributed by atoms with van der Waals surface area (Å²) in [5.41, 5.74) is 2.89. The van der Waals surface area contributed by atoms with Crippen LogP contribution in [0.2, 0.25) is 0 Å². The second-order valence-electron chi connectivity index (χ2n) is 9.14. The van der Waals surface area contributed by atoms with Crippen molar-refractivity contribution in [1.29, 1.82) is 0 Å². The van der Waals surface area contributed by atoms with Gasteiger partial charge in [-0.2, -0.15) is 0 Å². The van der Waals surface area contributed by atoms with E-state index in [4.69, 9.17) is 4.74 Å². The molecular formula is C28H26F2N2O3. The maximum Gasteiger partial charge on any atom is 0.410 e. The van der Waals surface area contributed by atoms with E-state index >= 15 is 0 Å². The van der Waals surface area contributed by atoms with Crippen molar-refractivity contribution in [1.82, 2.24) is 4.90 Å². The zero-order chi connectivity index (χ0) is 24.4. The summed E-state index contributed by atoms with van der Waals surface area (Å²) < 4.78 is 31.4. The van der Waals surface area contributed by atoms with Crippen molar-refractivity contribution in [3.8, 4) is 0 Å². The van der Waals surface area contributed by atoms with Crippen LogP contribution in [0.3, 0.4) is 0 Å². The number of hydrogen-bond acceptors (Lipinski definition) is 3. The number of nitrogens with zero attached hydrogens (tertiary/aromatic N) is 2. The third-order valence-electron chi connectivity index (χ3n) is 7.07. The van der Waals surface area contributed by atoms with Crippen LogP contribution in [0.5, 0.6) is 0 Å². The van der Waals surface area contributed by atoms with Gasteiger partial charge < -0.3 is 14.5 Å². The van der Waals surface area contributed by atoms with Crippen LogP contribution in [0.15, 0.2) is 78.9 Å². The Bertz CT molecular complexity index is 1210. The highest BCUT2D eigenvalue weighted by atomic mass is 19.3. The van der Waals surface area contributed by atoms with E-state index in [1.807, 2.05) is 54.6 Å². The van der Waals surface area contributed by atoms with Crippen LogP contribution in [0.25, 0.3) is 0 Å². The van der Waals surface area contributed by atoms with E-state index in [9.17, 15) is 18.4 Å². The lowest BCUT2D eigenvalue weighted by atomic mass is 9.74. The minimum absolute atomic E-state index is 0.105. The number of carbonyl (C=O) groups is 2. The van der Waals surface area contributed by atoms with E-state index in [-0.39, 0.29) is 29.6 Å². The molecule has 2 aliphatic rings. The number of likely N-dealkylation sites (tertiary alicyclic amines) is 1. The van der Waals surface area contributed by atoms with E-state index in [0.29, 0.717) is 38.0 Å². The van der Waals surface area contributed by atoms with Gasteiger partial charge in [0.25, 0.3) is 12.3 Å². The van der Waals surface area contributed by atoms with E-state index in [1.54, 1.807) is 9.80 Å². The zero-order valence-electron chi connectivity index (χ0n) is 19.2. The van der Waals surface area contributed by atoms with Crippen LogP contribution in [0.4, 0.5) is 19.3 Å². The second kappa shape index (κ2) is 9.49. The molecular weight excluding hydrogens is 450 g/mol. The molecule has 35 heavy (non-hydrogen) atoms. The first-order valence-electron chi connectivity index (χ1n) is 11.7. The van der Waals surface area contributed by atoms with Gasteiger partial charge in [0.15, 0.2) is 0 Å². The molecule has 0 aliphatic carbocycles. The largest absolute Gasteiger partial charge is 0.445 e. The molecule has 2 heterocycles. The van der Waals surface area contributed by atoms with E-state index in [2.05, 4.69) is 0 Å². The molecule has 0 aromatic heterocycles. The minimum atomic E-state index is -2.57. The molecule has 0 bridgehead atoms. The average Bonchev–Trinajstić information content (AvgIpc) is 3.22. The Labute approximate surface area is 202 Å². The molecule has 7 heteroatoms. The molecule has 1 fully saturated rings. The number of piperidine rings is 1. The molecule has 5 nitrogen and oxygen atoms in total. The first-order valence-corrected chi connectivity index (χ1v) is 11.7. The Morgan fingerprint density at radius 2 is 1.54 bits per heavy atom. The van der Waals surface area contributed by atoms with E-state index < -0.39 is 6.43 Å². The van der Waals surface area contributed by atoms with Gasteiger partial charge in [-0.1, -0.05) is 60.7 Å². The number of para-hydroxylation sites is 1. The van der Waals surface area contributed by atoms with Crippen molar-refractivity contribution in [2.75, 3.05) is 24.5 Å². The lowest BCUT2D eigenvalue weighted by Crippen LogP contribution is -2.48. The number of amides is 2.